The van der Waals surface area contributed by atoms with Gasteiger partial charge in [0.05, 0.1) is 33.2 Å². The zero-order valence-corrected chi connectivity index (χ0v) is 11.8. The van der Waals surface area contributed by atoms with E-state index in [1.165, 1.54) is 17.0 Å². The molecule has 102 valence electrons. The molecule has 0 saturated heterocycles. The molecule has 2 aromatic heterocycles. The normalized spacial score (nSPS) is 12.7. The van der Waals surface area contributed by atoms with Crippen LogP contribution >= 0.6 is 11.3 Å². The van der Waals surface area contributed by atoms with E-state index in [0.717, 1.165) is 22.6 Å². The minimum Gasteiger partial charge on any atom is -0.311 e. The third kappa shape index (κ3) is 2.69. The average molecular weight is 287 g/mol. The lowest BCUT2D eigenvalue weighted by Crippen LogP contribution is -2.19. The number of rotatable bonds is 4. The monoisotopic (exact) mass is 287 g/mol. The SMILES string of the molecule is CNC(Cc1nc2ccccc2s1)c1ccc(F)cn1. The molecule has 3 nitrogen and oxygen atoms in total. The van der Waals surface area contributed by atoms with Crippen molar-refractivity contribution in [3.05, 3.63) is 59.1 Å². The lowest BCUT2D eigenvalue weighted by atomic mass is 10.1. The predicted molar refractivity (Wildman–Crippen MR) is 79.3 cm³/mol. The Morgan fingerprint density at radius 1 is 1.25 bits per heavy atom. The summed E-state index contributed by atoms with van der Waals surface area (Å²) in [4.78, 5) is 8.76. The van der Waals surface area contributed by atoms with Crippen molar-refractivity contribution in [1.29, 1.82) is 0 Å². The predicted octanol–water partition coefficient (Wildman–Crippen LogP) is 3.33. The van der Waals surface area contributed by atoms with E-state index in [1.807, 2.05) is 25.2 Å². The van der Waals surface area contributed by atoms with Gasteiger partial charge in [-0.2, -0.15) is 0 Å². The lowest BCUT2D eigenvalue weighted by molar-refractivity contribution is 0.565. The van der Waals surface area contributed by atoms with Crippen molar-refractivity contribution in [2.45, 2.75) is 12.5 Å². The first-order chi connectivity index (χ1) is 9.76. The van der Waals surface area contributed by atoms with Crippen molar-refractivity contribution in [2.75, 3.05) is 7.05 Å². The lowest BCUT2D eigenvalue weighted by Gasteiger charge is -2.13. The van der Waals surface area contributed by atoms with E-state index in [0.29, 0.717) is 0 Å². The number of para-hydroxylation sites is 1. The third-order valence-corrected chi connectivity index (χ3v) is 4.23. The molecule has 3 rings (SSSR count). The van der Waals surface area contributed by atoms with Gasteiger partial charge < -0.3 is 5.32 Å². The molecule has 0 aliphatic heterocycles. The van der Waals surface area contributed by atoms with E-state index >= 15 is 0 Å². The Morgan fingerprint density at radius 2 is 2.10 bits per heavy atom. The van der Waals surface area contributed by atoms with E-state index in [9.17, 15) is 4.39 Å². The maximum atomic E-state index is 12.9. The fourth-order valence-electron chi connectivity index (χ4n) is 2.13. The number of hydrogen-bond donors (Lipinski definition) is 1. The van der Waals surface area contributed by atoms with Gasteiger partial charge in [0.2, 0.25) is 0 Å². The van der Waals surface area contributed by atoms with Crippen molar-refractivity contribution < 1.29 is 4.39 Å². The maximum Gasteiger partial charge on any atom is 0.141 e. The molecule has 0 bridgehead atoms. The fourth-order valence-corrected chi connectivity index (χ4v) is 3.14. The first kappa shape index (κ1) is 13.1. The van der Waals surface area contributed by atoms with Crippen LogP contribution in [-0.4, -0.2) is 17.0 Å². The van der Waals surface area contributed by atoms with Crippen LogP contribution in [0, 0.1) is 5.82 Å². The highest BCUT2D eigenvalue weighted by Crippen LogP contribution is 2.25. The van der Waals surface area contributed by atoms with Crippen molar-refractivity contribution in [2.24, 2.45) is 0 Å². The number of nitrogens with zero attached hydrogens (tertiary/aromatic N) is 2. The number of hydrogen-bond acceptors (Lipinski definition) is 4. The van der Waals surface area contributed by atoms with E-state index in [2.05, 4.69) is 21.4 Å². The Morgan fingerprint density at radius 3 is 2.80 bits per heavy atom. The number of halogens is 1. The first-order valence-electron chi connectivity index (χ1n) is 6.39. The quantitative estimate of drug-likeness (QED) is 0.800. The molecular weight excluding hydrogens is 273 g/mol. The number of nitrogens with one attached hydrogen (secondary N) is 1. The van der Waals surface area contributed by atoms with E-state index in [1.54, 1.807) is 17.4 Å². The van der Waals surface area contributed by atoms with E-state index in [-0.39, 0.29) is 11.9 Å². The number of thiazole rings is 1. The number of likely N-dealkylation sites (N-methyl/N-ethyl adjacent to an activating group) is 1. The highest BCUT2D eigenvalue weighted by Gasteiger charge is 2.14. The summed E-state index contributed by atoms with van der Waals surface area (Å²) in [5.74, 6) is -0.316. The van der Waals surface area contributed by atoms with Crippen LogP contribution in [0.1, 0.15) is 16.7 Å². The van der Waals surface area contributed by atoms with Gasteiger partial charge in [0.15, 0.2) is 0 Å². The molecule has 1 unspecified atom stereocenters. The molecule has 0 aliphatic rings. The van der Waals surface area contributed by atoms with Crippen LogP contribution in [0.5, 0.6) is 0 Å². The van der Waals surface area contributed by atoms with Crippen LogP contribution in [0.3, 0.4) is 0 Å². The Bertz CT molecular complexity index is 675. The largest absolute Gasteiger partial charge is 0.311 e. The maximum absolute atomic E-state index is 12.9. The number of fused-ring (bicyclic) bond motifs is 1. The Kier molecular flexibility index (Phi) is 3.71. The highest BCUT2D eigenvalue weighted by molar-refractivity contribution is 7.18. The first-order valence-corrected chi connectivity index (χ1v) is 7.21. The zero-order valence-electron chi connectivity index (χ0n) is 11.0. The van der Waals surface area contributed by atoms with Crippen molar-refractivity contribution >= 4 is 21.6 Å². The molecule has 2 heterocycles. The van der Waals surface area contributed by atoms with Crippen LogP contribution in [-0.2, 0) is 6.42 Å². The van der Waals surface area contributed by atoms with Crippen molar-refractivity contribution in [3.8, 4) is 0 Å². The molecule has 5 heteroatoms. The van der Waals surface area contributed by atoms with Crippen molar-refractivity contribution in [3.63, 3.8) is 0 Å². The second-order valence-electron chi connectivity index (χ2n) is 4.52. The zero-order chi connectivity index (χ0) is 13.9. The van der Waals surface area contributed by atoms with Gasteiger partial charge in [0, 0.05) is 6.42 Å². The highest BCUT2D eigenvalue weighted by atomic mass is 32.1. The van der Waals surface area contributed by atoms with Crippen LogP contribution < -0.4 is 5.32 Å². The van der Waals surface area contributed by atoms with Gasteiger partial charge in [-0.1, -0.05) is 12.1 Å². The summed E-state index contributed by atoms with van der Waals surface area (Å²) in [6, 6.07) is 11.3. The van der Waals surface area contributed by atoms with Gasteiger partial charge >= 0.3 is 0 Å². The second-order valence-corrected chi connectivity index (χ2v) is 5.64. The van der Waals surface area contributed by atoms with Gasteiger partial charge in [0.25, 0.3) is 0 Å². The number of aromatic nitrogens is 2. The molecule has 0 radical (unpaired) electrons. The number of pyridine rings is 1. The topological polar surface area (TPSA) is 37.8 Å². The molecule has 20 heavy (non-hydrogen) atoms. The van der Waals surface area contributed by atoms with Gasteiger partial charge in [-0.05, 0) is 31.3 Å². The summed E-state index contributed by atoms with van der Waals surface area (Å²) < 4.78 is 14.1. The number of benzene rings is 1. The standard InChI is InChI=1S/C15H14FN3S/c1-17-13(11-7-6-10(16)9-18-11)8-15-19-12-4-2-3-5-14(12)20-15/h2-7,9,13,17H,8H2,1H3. The van der Waals surface area contributed by atoms with E-state index in [4.69, 9.17) is 0 Å². The summed E-state index contributed by atoms with van der Waals surface area (Å²) in [7, 11) is 1.88. The Hall–Kier alpha value is -1.85. The molecule has 3 aromatic rings. The van der Waals surface area contributed by atoms with Gasteiger partial charge in [-0.15, -0.1) is 11.3 Å². The van der Waals surface area contributed by atoms with Gasteiger partial charge in [-0.3, -0.25) is 4.98 Å². The fraction of sp³-hybridized carbons (Fsp3) is 0.200. The molecular formula is C15H14FN3S. The Balaban J connectivity index is 1.85. The molecule has 1 aromatic carbocycles. The molecule has 0 fully saturated rings. The van der Waals surface area contributed by atoms with Crippen LogP contribution in [0.25, 0.3) is 10.2 Å². The summed E-state index contributed by atoms with van der Waals surface area (Å²) in [6.07, 6.45) is 1.99. The van der Waals surface area contributed by atoms with E-state index < -0.39 is 0 Å². The van der Waals surface area contributed by atoms with Crippen LogP contribution in [0.2, 0.25) is 0 Å². The average Bonchev–Trinajstić information content (AvgIpc) is 2.88. The van der Waals surface area contributed by atoms with Crippen LogP contribution in [0.15, 0.2) is 42.6 Å². The minimum atomic E-state index is -0.316. The summed E-state index contributed by atoms with van der Waals surface area (Å²) in [5, 5.41) is 4.26. The third-order valence-electron chi connectivity index (χ3n) is 3.17. The Labute approximate surface area is 120 Å². The van der Waals surface area contributed by atoms with Crippen molar-refractivity contribution in [1.82, 2.24) is 15.3 Å². The molecule has 1 N–H and O–H groups in total. The molecule has 0 aliphatic carbocycles. The molecule has 0 spiro atoms. The van der Waals surface area contributed by atoms with Gasteiger partial charge in [-0.25, -0.2) is 9.37 Å². The molecule has 1 atom stereocenters. The molecule has 0 amide bonds. The summed E-state index contributed by atoms with van der Waals surface area (Å²) in [6.45, 7) is 0. The van der Waals surface area contributed by atoms with Gasteiger partial charge in [0.1, 0.15) is 5.82 Å². The second kappa shape index (κ2) is 5.64. The van der Waals surface area contributed by atoms with Crippen LogP contribution in [0.4, 0.5) is 4.39 Å². The molecule has 0 saturated carbocycles. The smallest absolute Gasteiger partial charge is 0.141 e. The summed E-state index contributed by atoms with van der Waals surface area (Å²) in [5.41, 5.74) is 1.85. The minimum absolute atomic E-state index is 0.0381. The summed E-state index contributed by atoms with van der Waals surface area (Å²) >= 11 is 1.69.